The maximum Gasteiger partial charge on any atom is 0.165 e. The van der Waals surface area contributed by atoms with Crippen LogP contribution in [0.2, 0.25) is 5.02 Å². The minimum absolute atomic E-state index is 0.594. The fourth-order valence-corrected chi connectivity index (χ4v) is 3.61. The van der Waals surface area contributed by atoms with Crippen molar-refractivity contribution in [1.29, 1.82) is 0 Å². The van der Waals surface area contributed by atoms with Crippen molar-refractivity contribution in [3.05, 3.63) is 102 Å². The van der Waals surface area contributed by atoms with Crippen LogP contribution >= 0.6 is 11.6 Å². The van der Waals surface area contributed by atoms with Gasteiger partial charge in [-0.2, -0.15) is 5.10 Å². The van der Waals surface area contributed by atoms with Gasteiger partial charge in [-0.15, -0.1) is 0 Å². The van der Waals surface area contributed by atoms with Crippen molar-refractivity contribution in [2.75, 3.05) is 10.6 Å². The summed E-state index contributed by atoms with van der Waals surface area (Å²) in [6, 6.07) is 27.6. The summed E-state index contributed by atoms with van der Waals surface area (Å²) in [7, 11) is 0. The van der Waals surface area contributed by atoms with Gasteiger partial charge in [-0.25, -0.2) is 14.6 Å². The largest absolute Gasteiger partial charge is 0.339 e. The maximum atomic E-state index is 6.18. The summed E-state index contributed by atoms with van der Waals surface area (Å²) in [5, 5.41) is 13.1. The van der Waals surface area contributed by atoms with E-state index in [0.29, 0.717) is 23.2 Å². The van der Waals surface area contributed by atoms with Crippen molar-refractivity contribution in [2.24, 2.45) is 0 Å². The highest BCUT2D eigenvalue weighted by atomic mass is 35.5. The van der Waals surface area contributed by atoms with Gasteiger partial charge in [0.2, 0.25) is 0 Å². The molecule has 2 aromatic heterocycles. The molecule has 0 atom stereocenters. The normalized spacial score (nSPS) is 10.9. The Labute approximate surface area is 184 Å². The second kappa shape index (κ2) is 8.45. The molecule has 31 heavy (non-hydrogen) atoms. The van der Waals surface area contributed by atoms with Crippen molar-refractivity contribution in [3.8, 4) is 0 Å². The first-order valence-corrected chi connectivity index (χ1v) is 10.2. The predicted octanol–water partition coefficient (Wildman–Crippen LogP) is 6.02. The highest BCUT2D eigenvalue weighted by Gasteiger charge is 2.18. The zero-order valence-electron chi connectivity index (χ0n) is 16.5. The van der Waals surface area contributed by atoms with Crippen LogP contribution in [-0.2, 0) is 6.54 Å². The van der Waals surface area contributed by atoms with Gasteiger partial charge in [0.1, 0.15) is 17.5 Å². The summed E-state index contributed by atoms with van der Waals surface area (Å²) in [4.78, 5) is 9.04. The van der Waals surface area contributed by atoms with Crippen LogP contribution in [0, 0.1) is 0 Å². The van der Waals surface area contributed by atoms with Crippen molar-refractivity contribution >= 4 is 45.6 Å². The SMILES string of the molecule is Clc1cccc(Nc2nn(Cc3ccccc3)c3ncnc(Nc4ccccc4)c23)c1. The van der Waals surface area contributed by atoms with Gasteiger partial charge < -0.3 is 10.6 Å². The first-order valence-electron chi connectivity index (χ1n) is 9.86. The van der Waals surface area contributed by atoms with E-state index in [0.717, 1.165) is 28.0 Å². The summed E-state index contributed by atoms with van der Waals surface area (Å²) >= 11 is 6.18. The first kappa shape index (κ1) is 19.1. The lowest BCUT2D eigenvalue weighted by molar-refractivity contribution is 0.707. The van der Waals surface area contributed by atoms with E-state index >= 15 is 0 Å². The van der Waals surface area contributed by atoms with Gasteiger partial charge in [-0.05, 0) is 35.9 Å². The van der Waals surface area contributed by atoms with Gasteiger partial charge >= 0.3 is 0 Å². The maximum absolute atomic E-state index is 6.18. The van der Waals surface area contributed by atoms with Crippen molar-refractivity contribution in [2.45, 2.75) is 6.54 Å². The number of hydrogen-bond donors (Lipinski definition) is 2. The van der Waals surface area contributed by atoms with E-state index in [2.05, 4.69) is 32.7 Å². The molecule has 2 N–H and O–H groups in total. The Kier molecular flexibility index (Phi) is 5.21. The highest BCUT2D eigenvalue weighted by molar-refractivity contribution is 6.30. The third-order valence-electron chi connectivity index (χ3n) is 4.83. The number of anilines is 4. The van der Waals surface area contributed by atoms with E-state index < -0.39 is 0 Å². The van der Waals surface area contributed by atoms with E-state index in [4.69, 9.17) is 16.7 Å². The number of rotatable bonds is 6. The van der Waals surface area contributed by atoms with E-state index in [1.807, 2.05) is 77.5 Å². The minimum Gasteiger partial charge on any atom is -0.339 e. The molecule has 152 valence electrons. The Morgan fingerprint density at radius 2 is 1.45 bits per heavy atom. The van der Waals surface area contributed by atoms with Gasteiger partial charge in [0.05, 0.1) is 6.54 Å². The molecule has 5 aromatic rings. The summed E-state index contributed by atoms with van der Waals surface area (Å²) in [6.45, 7) is 0.594. The first-order chi connectivity index (χ1) is 15.3. The standard InChI is InChI=1S/C24H19ClN6/c25-18-10-7-13-20(14-18)29-23-21-22(28-19-11-5-2-6-12-19)26-16-27-24(21)31(30-23)15-17-8-3-1-4-9-17/h1-14,16H,15H2,(H,29,30)(H,26,27,28). The van der Waals surface area contributed by atoms with Crippen LogP contribution < -0.4 is 10.6 Å². The molecule has 0 aliphatic heterocycles. The third kappa shape index (κ3) is 4.20. The number of fused-ring (bicyclic) bond motifs is 1. The lowest BCUT2D eigenvalue weighted by atomic mass is 10.2. The van der Waals surface area contributed by atoms with E-state index in [9.17, 15) is 0 Å². The second-order valence-electron chi connectivity index (χ2n) is 7.04. The van der Waals surface area contributed by atoms with Gasteiger partial charge in [0, 0.05) is 16.4 Å². The Morgan fingerprint density at radius 3 is 2.23 bits per heavy atom. The van der Waals surface area contributed by atoms with Crippen molar-refractivity contribution < 1.29 is 0 Å². The predicted molar refractivity (Wildman–Crippen MR) is 125 cm³/mol. The molecular formula is C24H19ClN6. The number of nitrogens with zero attached hydrogens (tertiary/aromatic N) is 4. The number of hydrogen-bond acceptors (Lipinski definition) is 5. The molecule has 0 saturated carbocycles. The smallest absolute Gasteiger partial charge is 0.165 e. The van der Waals surface area contributed by atoms with E-state index in [-0.39, 0.29) is 0 Å². The number of aromatic nitrogens is 4. The average molecular weight is 427 g/mol. The summed E-state index contributed by atoms with van der Waals surface area (Å²) < 4.78 is 1.88. The van der Waals surface area contributed by atoms with Crippen molar-refractivity contribution in [3.63, 3.8) is 0 Å². The molecule has 3 aromatic carbocycles. The molecule has 7 heteroatoms. The molecule has 0 bridgehead atoms. The number of halogens is 1. The Balaban J connectivity index is 1.62. The number of nitrogens with one attached hydrogen (secondary N) is 2. The molecule has 5 rings (SSSR count). The summed E-state index contributed by atoms with van der Waals surface area (Å²) in [6.07, 6.45) is 1.56. The zero-order chi connectivity index (χ0) is 21.0. The van der Waals surface area contributed by atoms with Crippen LogP contribution in [0.4, 0.5) is 23.0 Å². The lowest BCUT2D eigenvalue weighted by Gasteiger charge is -2.08. The van der Waals surface area contributed by atoms with E-state index in [1.165, 1.54) is 0 Å². The lowest BCUT2D eigenvalue weighted by Crippen LogP contribution is -2.03. The fourth-order valence-electron chi connectivity index (χ4n) is 3.42. The van der Waals surface area contributed by atoms with Crippen LogP contribution in [-0.4, -0.2) is 19.7 Å². The summed E-state index contributed by atoms with van der Waals surface area (Å²) in [5.41, 5.74) is 3.65. The number of para-hydroxylation sites is 1. The fraction of sp³-hybridized carbons (Fsp3) is 0.0417. The van der Waals surface area contributed by atoms with Crippen LogP contribution in [0.3, 0.4) is 0 Å². The molecule has 6 nitrogen and oxygen atoms in total. The molecular weight excluding hydrogens is 408 g/mol. The van der Waals surface area contributed by atoms with Gasteiger partial charge in [0.15, 0.2) is 11.5 Å². The zero-order valence-corrected chi connectivity index (χ0v) is 17.3. The molecule has 0 fully saturated rings. The molecule has 0 aliphatic carbocycles. The average Bonchev–Trinajstić information content (AvgIpc) is 3.13. The van der Waals surface area contributed by atoms with Gasteiger partial charge in [-0.3, -0.25) is 0 Å². The second-order valence-corrected chi connectivity index (χ2v) is 7.48. The quantitative estimate of drug-likeness (QED) is 0.347. The molecule has 0 amide bonds. The van der Waals surface area contributed by atoms with Crippen LogP contribution in [0.1, 0.15) is 5.56 Å². The van der Waals surface area contributed by atoms with Gasteiger partial charge in [0.25, 0.3) is 0 Å². The molecule has 0 radical (unpaired) electrons. The molecule has 0 aliphatic rings. The summed E-state index contributed by atoms with van der Waals surface area (Å²) in [5.74, 6) is 1.34. The molecule has 0 spiro atoms. The minimum atomic E-state index is 0.594. The van der Waals surface area contributed by atoms with Crippen molar-refractivity contribution in [1.82, 2.24) is 19.7 Å². The van der Waals surface area contributed by atoms with Crippen LogP contribution in [0.25, 0.3) is 11.0 Å². The Morgan fingerprint density at radius 1 is 0.742 bits per heavy atom. The molecule has 0 saturated heterocycles. The third-order valence-corrected chi connectivity index (χ3v) is 5.06. The topological polar surface area (TPSA) is 67.7 Å². The number of benzene rings is 3. The van der Waals surface area contributed by atoms with Crippen LogP contribution in [0.15, 0.2) is 91.3 Å². The van der Waals surface area contributed by atoms with Crippen LogP contribution in [0.5, 0.6) is 0 Å². The monoisotopic (exact) mass is 426 g/mol. The molecule has 2 heterocycles. The van der Waals surface area contributed by atoms with E-state index in [1.54, 1.807) is 6.33 Å². The Hall–Kier alpha value is -3.90. The Bertz CT molecular complexity index is 1320. The van der Waals surface area contributed by atoms with Gasteiger partial charge in [-0.1, -0.05) is 66.2 Å². The molecule has 0 unspecified atom stereocenters. The highest BCUT2D eigenvalue weighted by Crippen LogP contribution is 2.32.